The molecule has 0 aliphatic carbocycles. The van der Waals surface area contributed by atoms with Crippen molar-refractivity contribution in [2.75, 3.05) is 6.54 Å². The highest BCUT2D eigenvalue weighted by Crippen LogP contribution is 2.30. The Labute approximate surface area is 116 Å². The van der Waals surface area contributed by atoms with Crippen molar-refractivity contribution in [3.8, 4) is 0 Å². The summed E-state index contributed by atoms with van der Waals surface area (Å²) in [5, 5.41) is 10.9. The van der Waals surface area contributed by atoms with Gasteiger partial charge in [0.1, 0.15) is 5.56 Å². The van der Waals surface area contributed by atoms with E-state index in [1.165, 1.54) is 18.2 Å². The molecule has 0 saturated heterocycles. The first-order valence-corrected chi connectivity index (χ1v) is 6.71. The number of imide groups is 1. The normalized spacial score (nSPS) is 13.8. The monoisotopic (exact) mass is 276 g/mol. The van der Waals surface area contributed by atoms with Gasteiger partial charge in [-0.2, -0.15) is 0 Å². The number of fused-ring (bicyclic) bond motifs is 1. The Morgan fingerprint density at radius 2 is 1.90 bits per heavy atom. The zero-order valence-corrected chi connectivity index (χ0v) is 11.3. The number of carbonyl (C=O) groups excluding carboxylic acids is 2. The minimum atomic E-state index is -0.620. The maximum atomic E-state index is 12.2. The molecule has 0 radical (unpaired) electrons. The molecule has 2 amide bonds. The predicted octanol–water partition coefficient (Wildman–Crippen LogP) is 2.77. The van der Waals surface area contributed by atoms with Crippen molar-refractivity contribution in [1.29, 1.82) is 0 Å². The lowest BCUT2D eigenvalue weighted by molar-refractivity contribution is -0.385. The Balaban J connectivity index is 2.22. The van der Waals surface area contributed by atoms with E-state index in [-0.39, 0.29) is 16.8 Å². The van der Waals surface area contributed by atoms with Crippen molar-refractivity contribution < 1.29 is 14.5 Å². The summed E-state index contributed by atoms with van der Waals surface area (Å²) in [5.74, 6) is -0.973. The summed E-state index contributed by atoms with van der Waals surface area (Å²) in [7, 11) is 0. The molecular formula is C14H16N2O4. The van der Waals surface area contributed by atoms with Gasteiger partial charge in [0.2, 0.25) is 0 Å². The number of amides is 2. The van der Waals surface area contributed by atoms with E-state index in [0.29, 0.717) is 6.54 Å². The molecule has 1 aromatic carbocycles. The largest absolute Gasteiger partial charge is 0.282 e. The van der Waals surface area contributed by atoms with Crippen molar-refractivity contribution >= 4 is 17.5 Å². The minimum absolute atomic E-state index is 0.0713. The van der Waals surface area contributed by atoms with Gasteiger partial charge < -0.3 is 0 Å². The number of nitro benzene ring substituents is 1. The van der Waals surface area contributed by atoms with E-state index in [2.05, 4.69) is 6.92 Å². The van der Waals surface area contributed by atoms with Crippen LogP contribution in [0.3, 0.4) is 0 Å². The lowest BCUT2D eigenvalue weighted by atomic mass is 10.1. The molecule has 1 heterocycles. The standard InChI is InChI=1S/C14H16N2O4/c1-2-3-4-5-9-15-13(17)10-7-6-8-11(16(19)20)12(10)14(15)18/h6-8H,2-5,9H2,1H3. The first kappa shape index (κ1) is 14.2. The van der Waals surface area contributed by atoms with Crippen molar-refractivity contribution in [3.63, 3.8) is 0 Å². The van der Waals surface area contributed by atoms with Crippen LogP contribution >= 0.6 is 0 Å². The maximum Gasteiger partial charge on any atom is 0.282 e. The molecule has 20 heavy (non-hydrogen) atoms. The quantitative estimate of drug-likeness (QED) is 0.346. The molecule has 0 aromatic heterocycles. The second kappa shape index (κ2) is 5.81. The number of hydrogen-bond donors (Lipinski definition) is 0. The summed E-state index contributed by atoms with van der Waals surface area (Å²) in [5.41, 5.74) is -0.227. The van der Waals surface area contributed by atoms with Crippen LogP contribution in [-0.4, -0.2) is 28.2 Å². The molecule has 1 aliphatic rings. The molecule has 0 saturated carbocycles. The highest BCUT2D eigenvalue weighted by atomic mass is 16.6. The van der Waals surface area contributed by atoms with E-state index in [9.17, 15) is 19.7 Å². The summed E-state index contributed by atoms with van der Waals surface area (Å²) < 4.78 is 0. The van der Waals surface area contributed by atoms with E-state index in [1.54, 1.807) is 0 Å². The van der Waals surface area contributed by atoms with Crippen LogP contribution in [0.2, 0.25) is 0 Å². The van der Waals surface area contributed by atoms with Gasteiger partial charge in [0.05, 0.1) is 10.5 Å². The molecule has 1 aromatic rings. The SMILES string of the molecule is CCCCCCN1C(=O)c2cccc([N+](=O)[O-])c2C1=O. The van der Waals surface area contributed by atoms with Gasteiger partial charge in [0.25, 0.3) is 17.5 Å². The number of benzene rings is 1. The summed E-state index contributed by atoms with van der Waals surface area (Å²) in [4.78, 5) is 35.8. The van der Waals surface area contributed by atoms with E-state index in [1.807, 2.05) is 0 Å². The van der Waals surface area contributed by atoms with Gasteiger partial charge in [-0.1, -0.05) is 32.3 Å². The zero-order chi connectivity index (χ0) is 14.7. The average molecular weight is 276 g/mol. The van der Waals surface area contributed by atoms with Gasteiger partial charge in [0.15, 0.2) is 0 Å². The molecule has 0 N–H and O–H groups in total. The topological polar surface area (TPSA) is 80.5 Å². The first-order chi connectivity index (χ1) is 9.57. The molecule has 6 heteroatoms. The fourth-order valence-electron chi connectivity index (χ4n) is 2.37. The Hall–Kier alpha value is -2.24. The third kappa shape index (κ3) is 2.41. The summed E-state index contributed by atoms with van der Waals surface area (Å²) in [6.45, 7) is 2.40. The van der Waals surface area contributed by atoms with Gasteiger partial charge in [-0.05, 0) is 12.5 Å². The lowest BCUT2D eigenvalue weighted by Gasteiger charge is -2.12. The van der Waals surface area contributed by atoms with E-state index < -0.39 is 16.7 Å². The lowest BCUT2D eigenvalue weighted by Crippen LogP contribution is -2.30. The third-order valence-corrected chi connectivity index (χ3v) is 3.41. The molecule has 1 aliphatic heterocycles. The van der Waals surface area contributed by atoms with Crippen molar-refractivity contribution in [2.45, 2.75) is 32.6 Å². The molecule has 0 spiro atoms. The Morgan fingerprint density at radius 1 is 1.15 bits per heavy atom. The number of unbranched alkanes of at least 4 members (excludes halogenated alkanes) is 3. The van der Waals surface area contributed by atoms with Crippen LogP contribution < -0.4 is 0 Å². The van der Waals surface area contributed by atoms with Crippen LogP contribution in [0.4, 0.5) is 5.69 Å². The number of nitrogens with zero attached hydrogens (tertiary/aromatic N) is 2. The van der Waals surface area contributed by atoms with Crippen LogP contribution in [0.15, 0.2) is 18.2 Å². The summed E-state index contributed by atoms with van der Waals surface area (Å²) in [6.07, 6.45) is 3.77. The molecule has 2 rings (SSSR count). The Bertz CT molecular complexity index is 568. The van der Waals surface area contributed by atoms with Crippen LogP contribution in [0.1, 0.15) is 53.3 Å². The second-order valence-corrected chi connectivity index (χ2v) is 4.78. The van der Waals surface area contributed by atoms with Gasteiger partial charge in [-0.3, -0.25) is 24.6 Å². The van der Waals surface area contributed by atoms with Crippen LogP contribution in [0.25, 0.3) is 0 Å². The fourth-order valence-corrected chi connectivity index (χ4v) is 2.37. The van der Waals surface area contributed by atoms with Crippen LogP contribution in [-0.2, 0) is 0 Å². The number of carbonyl (C=O) groups is 2. The number of hydrogen-bond acceptors (Lipinski definition) is 4. The van der Waals surface area contributed by atoms with Gasteiger partial charge in [-0.15, -0.1) is 0 Å². The van der Waals surface area contributed by atoms with E-state index in [0.717, 1.165) is 30.6 Å². The van der Waals surface area contributed by atoms with Crippen LogP contribution in [0, 0.1) is 10.1 Å². The van der Waals surface area contributed by atoms with E-state index in [4.69, 9.17) is 0 Å². The molecular weight excluding hydrogens is 260 g/mol. The molecule has 0 fully saturated rings. The smallest absolute Gasteiger partial charge is 0.274 e. The summed E-state index contributed by atoms with van der Waals surface area (Å²) in [6, 6.07) is 4.15. The first-order valence-electron chi connectivity index (χ1n) is 6.71. The van der Waals surface area contributed by atoms with Crippen molar-refractivity contribution in [3.05, 3.63) is 39.4 Å². The molecule has 106 valence electrons. The molecule has 0 atom stereocenters. The Morgan fingerprint density at radius 3 is 2.55 bits per heavy atom. The highest BCUT2D eigenvalue weighted by molar-refractivity contribution is 6.23. The maximum absolute atomic E-state index is 12.2. The van der Waals surface area contributed by atoms with Crippen molar-refractivity contribution in [1.82, 2.24) is 4.90 Å². The van der Waals surface area contributed by atoms with Crippen LogP contribution in [0.5, 0.6) is 0 Å². The van der Waals surface area contributed by atoms with Gasteiger partial charge in [0, 0.05) is 12.6 Å². The third-order valence-electron chi connectivity index (χ3n) is 3.41. The number of rotatable bonds is 6. The van der Waals surface area contributed by atoms with E-state index >= 15 is 0 Å². The molecule has 6 nitrogen and oxygen atoms in total. The number of nitro groups is 1. The average Bonchev–Trinajstić information content (AvgIpc) is 2.68. The summed E-state index contributed by atoms with van der Waals surface area (Å²) >= 11 is 0. The fraction of sp³-hybridized carbons (Fsp3) is 0.429. The highest BCUT2D eigenvalue weighted by Gasteiger charge is 2.40. The molecule has 0 bridgehead atoms. The minimum Gasteiger partial charge on any atom is -0.274 e. The van der Waals surface area contributed by atoms with Gasteiger partial charge >= 0.3 is 0 Å². The van der Waals surface area contributed by atoms with Crippen molar-refractivity contribution in [2.24, 2.45) is 0 Å². The van der Waals surface area contributed by atoms with Gasteiger partial charge in [-0.25, -0.2) is 0 Å². The Kier molecular flexibility index (Phi) is 4.12. The second-order valence-electron chi connectivity index (χ2n) is 4.78. The zero-order valence-electron chi connectivity index (χ0n) is 11.3. The molecule has 0 unspecified atom stereocenters. The predicted molar refractivity (Wildman–Crippen MR) is 72.6 cm³/mol.